The summed E-state index contributed by atoms with van der Waals surface area (Å²) in [5, 5.41) is 3.50. The largest absolute Gasteiger partial charge is 0.493 e. The molecule has 1 aromatic heterocycles. The zero-order chi connectivity index (χ0) is 13.7. The number of pyridine rings is 1. The Labute approximate surface area is 114 Å². The lowest BCUT2D eigenvalue weighted by Gasteiger charge is -2.20. The van der Waals surface area contributed by atoms with Crippen LogP contribution >= 0.6 is 0 Å². The molecule has 5 nitrogen and oxygen atoms in total. The van der Waals surface area contributed by atoms with Gasteiger partial charge in [0.05, 0.1) is 26.0 Å². The van der Waals surface area contributed by atoms with Crippen molar-refractivity contribution in [2.75, 3.05) is 21.3 Å². The molecule has 1 aliphatic rings. The van der Waals surface area contributed by atoms with E-state index in [4.69, 9.17) is 14.2 Å². The minimum atomic E-state index is 0.302. The summed E-state index contributed by atoms with van der Waals surface area (Å²) >= 11 is 0. The van der Waals surface area contributed by atoms with Gasteiger partial charge in [-0.15, -0.1) is 0 Å². The zero-order valence-electron chi connectivity index (χ0n) is 11.8. The average molecular weight is 266 g/mol. The Balaban J connectivity index is 2.03. The van der Waals surface area contributed by atoms with E-state index in [1.165, 1.54) is 6.42 Å². The maximum absolute atomic E-state index is 5.47. The van der Waals surface area contributed by atoms with Gasteiger partial charge < -0.3 is 19.5 Å². The molecule has 19 heavy (non-hydrogen) atoms. The van der Waals surface area contributed by atoms with Gasteiger partial charge in [0, 0.05) is 32.0 Å². The molecule has 1 fully saturated rings. The third-order valence-electron chi connectivity index (χ3n) is 3.65. The number of hydrogen-bond donors (Lipinski definition) is 1. The highest BCUT2D eigenvalue weighted by Gasteiger charge is 2.27. The van der Waals surface area contributed by atoms with Gasteiger partial charge in [0.1, 0.15) is 0 Å². The lowest BCUT2D eigenvalue weighted by molar-refractivity contribution is 0.0845. The van der Waals surface area contributed by atoms with E-state index in [0.29, 0.717) is 30.2 Å². The zero-order valence-corrected chi connectivity index (χ0v) is 11.8. The molecule has 0 bridgehead atoms. The van der Waals surface area contributed by atoms with Gasteiger partial charge in [0.25, 0.3) is 0 Å². The molecule has 2 rings (SSSR count). The fraction of sp³-hybridized carbons (Fsp3) is 0.643. The Bertz CT molecular complexity index is 412. The van der Waals surface area contributed by atoms with E-state index in [-0.39, 0.29) is 0 Å². The molecular weight excluding hydrogens is 244 g/mol. The molecule has 0 amide bonds. The van der Waals surface area contributed by atoms with E-state index >= 15 is 0 Å². The third-order valence-corrected chi connectivity index (χ3v) is 3.65. The van der Waals surface area contributed by atoms with Crippen molar-refractivity contribution in [1.82, 2.24) is 10.3 Å². The first-order valence-electron chi connectivity index (χ1n) is 6.62. The van der Waals surface area contributed by atoms with Crippen molar-refractivity contribution in [2.45, 2.75) is 38.0 Å². The Morgan fingerprint density at radius 2 is 2.11 bits per heavy atom. The van der Waals surface area contributed by atoms with Crippen LogP contribution in [-0.2, 0) is 11.3 Å². The number of nitrogens with one attached hydrogen (secondary N) is 1. The predicted octanol–water partition coefficient (Wildman–Crippen LogP) is 1.76. The summed E-state index contributed by atoms with van der Waals surface area (Å²) in [6.07, 6.45) is 5.51. The van der Waals surface area contributed by atoms with Gasteiger partial charge in [-0.3, -0.25) is 4.98 Å². The van der Waals surface area contributed by atoms with Crippen LogP contribution in [0.4, 0.5) is 0 Å². The van der Waals surface area contributed by atoms with Crippen molar-refractivity contribution in [3.8, 4) is 11.5 Å². The summed E-state index contributed by atoms with van der Waals surface area (Å²) in [6, 6.07) is 2.19. The third kappa shape index (κ3) is 3.16. The molecule has 1 aliphatic carbocycles. The second-order valence-electron chi connectivity index (χ2n) is 4.69. The summed E-state index contributed by atoms with van der Waals surface area (Å²) in [7, 11) is 5.04. The van der Waals surface area contributed by atoms with Crippen molar-refractivity contribution in [2.24, 2.45) is 0 Å². The standard InChI is InChI=1S/C14H22N2O3/c1-17-12-6-4-5-10(12)16-9-11-14(19-3)13(18-2)7-8-15-11/h7-8,10,12,16H,4-6,9H2,1-3H3. The van der Waals surface area contributed by atoms with Crippen molar-refractivity contribution in [3.63, 3.8) is 0 Å². The summed E-state index contributed by atoms with van der Waals surface area (Å²) in [6.45, 7) is 0.658. The maximum atomic E-state index is 5.47. The SMILES string of the molecule is COc1ccnc(CNC2CCCC2OC)c1OC. The van der Waals surface area contributed by atoms with Crippen LogP contribution in [0.3, 0.4) is 0 Å². The van der Waals surface area contributed by atoms with E-state index in [0.717, 1.165) is 18.5 Å². The summed E-state index contributed by atoms with van der Waals surface area (Å²) in [5.74, 6) is 1.41. The molecule has 0 aromatic carbocycles. The van der Waals surface area contributed by atoms with Crippen molar-refractivity contribution >= 4 is 0 Å². The second kappa shape index (κ2) is 6.73. The fourth-order valence-corrected chi connectivity index (χ4v) is 2.65. The van der Waals surface area contributed by atoms with Gasteiger partial charge in [-0.05, 0) is 19.3 Å². The molecule has 0 aliphatic heterocycles. The van der Waals surface area contributed by atoms with Crippen molar-refractivity contribution in [3.05, 3.63) is 18.0 Å². The van der Waals surface area contributed by atoms with Crippen LogP contribution in [0.25, 0.3) is 0 Å². The summed E-state index contributed by atoms with van der Waals surface area (Å²) in [5.41, 5.74) is 0.864. The average Bonchev–Trinajstić information content (AvgIpc) is 2.91. The number of aromatic nitrogens is 1. The number of hydrogen-bond acceptors (Lipinski definition) is 5. The minimum Gasteiger partial charge on any atom is -0.493 e. The van der Waals surface area contributed by atoms with Gasteiger partial charge in [-0.2, -0.15) is 0 Å². The number of nitrogens with zero attached hydrogens (tertiary/aromatic N) is 1. The highest BCUT2D eigenvalue weighted by atomic mass is 16.5. The normalized spacial score (nSPS) is 22.5. The first kappa shape index (κ1) is 14.1. The molecule has 1 saturated carbocycles. The van der Waals surface area contributed by atoms with Gasteiger partial charge in [-0.25, -0.2) is 0 Å². The fourth-order valence-electron chi connectivity index (χ4n) is 2.65. The van der Waals surface area contributed by atoms with Crippen LogP contribution in [0.2, 0.25) is 0 Å². The topological polar surface area (TPSA) is 52.6 Å². The molecule has 1 heterocycles. The maximum Gasteiger partial charge on any atom is 0.183 e. The smallest absolute Gasteiger partial charge is 0.183 e. The van der Waals surface area contributed by atoms with Gasteiger partial charge in [0.15, 0.2) is 11.5 Å². The molecule has 1 N–H and O–H groups in total. The Morgan fingerprint density at radius 3 is 2.79 bits per heavy atom. The number of methoxy groups -OCH3 is 3. The molecule has 5 heteroatoms. The monoisotopic (exact) mass is 266 g/mol. The van der Waals surface area contributed by atoms with E-state index in [1.807, 2.05) is 0 Å². The molecular formula is C14H22N2O3. The Morgan fingerprint density at radius 1 is 1.26 bits per heavy atom. The lowest BCUT2D eigenvalue weighted by Crippen LogP contribution is -2.36. The van der Waals surface area contributed by atoms with Crippen LogP contribution in [0, 0.1) is 0 Å². The molecule has 0 saturated heterocycles. The van der Waals surface area contributed by atoms with Crippen LogP contribution < -0.4 is 14.8 Å². The van der Waals surface area contributed by atoms with Crippen molar-refractivity contribution in [1.29, 1.82) is 0 Å². The highest BCUT2D eigenvalue weighted by Crippen LogP contribution is 2.29. The molecule has 106 valence electrons. The van der Waals surface area contributed by atoms with Crippen LogP contribution in [-0.4, -0.2) is 38.5 Å². The first-order valence-corrected chi connectivity index (χ1v) is 6.62. The van der Waals surface area contributed by atoms with E-state index in [9.17, 15) is 0 Å². The second-order valence-corrected chi connectivity index (χ2v) is 4.69. The predicted molar refractivity (Wildman–Crippen MR) is 72.6 cm³/mol. The summed E-state index contributed by atoms with van der Waals surface area (Å²) in [4.78, 5) is 4.36. The lowest BCUT2D eigenvalue weighted by atomic mass is 10.2. The van der Waals surface area contributed by atoms with Gasteiger partial charge in [0.2, 0.25) is 0 Å². The van der Waals surface area contributed by atoms with Crippen molar-refractivity contribution < 1.29 is 14.2 Å². The molecule has 0 spiro atoms. The molecule has 2 atom stereocenters. The quantitative estimate of drug-likeness (QED) is 0.850. The van der Waals surface area contributed by atoms with Gasteiger partial charge >= 0.3 is 0 Å². The van der Waals surface area contributed by atoms with E-state index in [2.05, 4.69) is 10.3 Å². The highest BCUT2D eigenvalue weighted by molar-refractivity contribution is 5.42. The molecule has 0 radical (unpaired) electrons. The summed E-state index contributed by atoms with van der Waals surface area (Å²) < 4.78 is 16.1. The number of rotatable bonds is 6. The Hall–Kier alpha value is -1.33. The van der Waals surface area contributed by atoms with E-state index < -0.39 is 0 Å². The van der Waals surface area contributed by atoms with E-state index in [1.54, 1.807) is 33.6 Å². The number of ether oxygens (including phenoxy) is 3. The van der Waals surface area contributed by atoms with Crippen LogP contribution in [0.5, 0.6) is 11.5 Å². The minimum absolute atomic E-state index is 0.302. The Kier molecular flexibility index (Phi) is 4.99. The first-order chi connectivity index (χ1) is 9.30. The van der Waals surface area contributed by atoms with Crippen LogP contribution in [0.1, 0.15) is 25.0 Å². The molecule has 1 aromatic rings. The molecule has 2 unspecified atom stereocenters. The van der Waals surface area contributed by atoms with Crippen LogP contribution in [0.15, 0.2) is 12.3 Å². The van der Waals surface area contributed by atoms with Gasteiger partial charge in [-0.1, -0.05) is 0 Å².